The SMILES string of the molecule is C=C(C)c1ccc(-c2cccn3c(=O)c(Br)c(C(C)(C)F)nc23)cc1. The van der Waals surface area contributed by atoms with Gasteiger partial charge in [0.25, 0.3) is 5.56 Å². The van der Waals surface area contributed by atoms with Crippen LogP contribution in [-0.4, -0.2) is 9.38 Å². The molecule has 3 aromatic rings. The highest BCUT2D eigenvalue weighted by molar-refractivity contribution is 9.10. The Morgan fingerprint density at radius 3 is 2.44 bits per heavy atom. The Bertz CT molecular complexity index is 1030. The van der Waals surface area contributed by atoms with Crippen LogP contribution in [0.5, 0.6) is 0 Å². The van der Waals surface area contributed by atoms with E-state index in [2.05, 4.69) is 27.5 Å². The van der Waals surface area contributed by atoms with Crippen molar-refractivity contribution in [2.45, 2.75) is 26.4 Å². The zero-order chi connectivity index (χ0) is 18.4. The van der Waals surface area contributed by atoms with E-state index in [9.17, 15) is 9.18 Å². The molecule has 3 rings (SSSR count). The van der Waals surface area contributed by atoms with Crippen molar-refractivity contribution in [3.05, 3.63) is 75.3 Å². The van der Waals surface area contributed by atoms with E-state index in [0.29, 0.717) is 5.65 Å². The van der Waals surface area contributed by atoms with Gasteiger partial charge in [-0.3, -0.25) is 9.20 Å². The minimum absolute atomic E-state index is 0.100. The Labute approximate surface area is 154 Å². The molecule has 0 N–H and O–H groups in total. The summed E-state index contributed by atoms with van der Waals surface area (Å²) in [5.74, 6) is 0. The molecule has 5 heteroatoms. The molecule has 0 aliphatic rings. The standard InChI is InChI=1S/C20H18BrFN2O/c1-12(2)13-7-9-14(10-8-13)15-6-5-11-24-18(15)23-17(20(3,4)22)16(21)19(24)25/h5-11H,1H2,2-4H3. The number of aromatic nitrogens is 2. The van der Waals surface area contributed by atoms with Gasteiger partial charge in [0.05, 0.1) is 5.69 Å². The average molecular weight is 401 g/mol. The van der Waals surface area contributed by atoms with Crippen LogP contribution in [0.3, 0.4) is 0 Å². The minimum Gasteiger partial charge on any atom is -0.268 e. The average Bonchev–Trinajstić information content (AvgIpc) is 2.56. The number of alkyl halides is 1. The van der Waals surface area contributed by atoms with E-state index in [0.717, 1.165) is 22.3 Å². The van der Waals surface area contributed by atoms with Crippen LogP contribution in [0, 0.1) is 0 Å². The first-order valence-electron chi connectivity index (χ1n) is 7.86. The van der Waals surface area contributed by atoms with Crippen LogP contribution >= 0.6 is 15.9 Å². The maximum Gasteiger partial charge on any atom is 0.272 e. The molecular formula is C20H18BrFN2O. The summed E-state index contributed by atoms with van der Waals surface area (Å²) in [6, 6.07) is 11.5. The van der Waals surface area contributed by atoms with Gasteiger partial charge in [-0.2, -0.15) is 0 Å². The Morgan fingerprint density at radius 1 is 1.24 bits per heavy atom. The van der Waals surface area contributed by atoms with Crippen LogP contribution in [0.15, 0.2) is 58.4 Å². The highest BCUT2D eigenvalue weighted by Crippen LogP contribution is 2.30. The molecule has 0 bridgehead atoms. The fourth-order valence-corrected chi connectivity index (χ4v) is 3.44. The monoisotopic (exact) mass is 400 g/mol. The summed E-state index contributed by atoms with van der Waals surface area (Å²) in [5.41, 5.74) is 2.16. The lowest BCUT2D eigenvalue weighted by Crippen LogP contribution is -2.24. The highest BCUT2D eigenvalue weighted by atomic mass is 79.9. The number of hydrogen-bond acceptors (Lipinski definition) is 2. The predicted octanol–water partition coefficient (Wildman–Crippen LogP) is 5.36. The summed E-state index contributed by atoms with van der Waals surface area (Å²) in [5, 5.41) is 0. The van der Waals surface area contributed by atoms with Crippen molar-refractivity contribution in [3.8, 4) is 11.1 Å². The molecule has 2 heterocycles. The van der Waals surface area contributed by atoms with Gasteiger partial charge in [0.1, 0.15) is 15.8 Å². The van der Waals surface area contributed by atoms with Gasteiger partial charge in [0, 0.05) is 11.8 Å². The van der Waals surface area contributed by atoms with E-state index in [1.54, 1.807) is 12.3 Å². The van der Waals surface area contributed by atoms with Gasteiger partial charge in [-0.05, 0) is 60.0 Å². The van der Waals surface area contributed by atoms with Gasteiger partial charge in [-0.1, -0.05) is 36.4 Å². The summed E-state index contributed by atoms with van der Waals surface area (Å²) in [6.45, 7) is 8.66. The van der Waals surface area contributed by atoms with Crippen molar-refractivity contribution in [2.75, 3.05) is 0 Å². The summed E-state index contributed by atoms with van der Waals surface area (Å²) < 4.78 is 16.1. The molecule has 25 heavy (non-hydrogen) atoms. The second-order valence-electron chi connectivity index (χ2n) is 6.53. The smallest absolute Gasteiger partial charge is 0.268 e. The fraction of sp³-hybridized carbons (Fsp3) is 0.200. The molecule has 0 fully saturated rings. The summed E-state index contributed by atoms with van der Waals surface area (Å²) >= 11 is 3.20. The molecule has 0 aliphatic carbocycles. The van der Waals surface area contributed by atoms with Gasteiger partial charge < -0.3 is 0 Å². The normalized spacial score (nSPS) is 11.7. The topological polar surface area (TPSA) is 34.4 Å². The maximum absolute atomic E-state index is 14.5. The third-order valence-corrected chi connectivity index (χ3v) is 4.77. The third kappa shape index (κ3) is 3.16. The van der Waals surface area contributed by atoms with Crippen LogP contribution < -0.4 is 5.56 Å². The minimum atomic E-state index is -1.73. The number of halogens is 2. The van der Waals surface area contributed by atoms with Crippen LogP contribution in [0.25, 0.3) is 22.3 Å². The number of benzene rings is 1. The number of rotatable bonds is 3. The van der Waals surface area contributed by atoms with Gasteiger partial charge in [0.15, 0.2) is 0 Å². The van der Waals surface area contributed by atoms with Gasteiger partial charge in [-0.15, -0.1) is 0 Å². The number of pyridine rings is 1. The second kappa shape index (κ2) is 6.23. The first-order valence-corrected chi connectivity index (χ1v) is 8.66. The van der Waals surface area contributed by atoms with Gasteiger partial charge in [0.2, 0.25) is 0 Å². The van der Waals surface area contributed by atoms with Crippen LogP contribution in [0.4, 0.5) is 4.39 Å². The molecule has 0 spiro atoms. The number of fused-ring (bicyclic) bond motifs is 1. The number of hydrogen-bond donors (Lipinski definition) is 0. The predicted molar refractivity (Wildman–Crippen MR) is 103 cm³/mol. The fourth-order valence-electron chi connectivity index (χ4n) is 2.69. The molecule has 0 aliphatic heterocycles. The van der Waals surface area contributed by atoms with Crippen LogP contribution in [-0.2, 0) is 5.67 Å². The van der Waals surface area contributed by atoms with Crippen molar-refractivity contribution in [1.82, 2.24) is 9.38 Å². The van der Waals surface area contributed by atoms with Crippen molar-refractivity contribution < 1.29 is 4.39 Å². The summed E-state index contributed by atoms with van der Waals surface area (Å²) in [7, 11) is 0. The van der Waals surface area contributed by atoms with Gasteiger partial charge in [-0.25, -0.2) is 9.37 Å². The Morgan fingerprint density at radius 2 is 1.88 bits per heavy atom. The molecule has 0 amide bonds. The largest absolute Gasteiger partial charge is 0.272 e. The molecule has 0 unspecified atom stereocenters. The molecule has 2 aromatic heterocycles. The van der Waals surface area contributed by atoms with E-state index in [1.807, 2.05) is 37.3 Å². The quantitative estimate of drug-likeness (QED) is 0.592. The number of nitrogens with zero attached hydrogens (tertiary/aromatic N) is 2. The molecule has 1 aromatic carbocycles. The van der Waals surface area contributed by atoms with Crippen molar-refractivity contribution >= 4 is 27.2 Å². The summed E-state index contributed by atoms with van der Waals surface area (Å²) in [4.78, 5) is 17.1. The molecular weight excluding hydrogens is 383 g/mol. The summed E-state index contributed by atoms with van der Waals surface area (Å²) in [6.07, 6.45) is 1.64. The zero-order valence-electron chi connectivity index (χ0n) is 14.3. The second-order valence-corrected chi connectivity index (χ2v) is 7.32. The van der Waals surface area contributed by atoms with E-state index < -0.39 is 5.67 Å². The zero-order valence-corrected chi connectivity index (χ0v) is 15.9. The molecule has 0 radical (unpaired) electrons. The van der Waals surface area contributed by atoms with E-state index in [4.69, 9.17) is 0 Å². The van der Waals surface area contributed by atoms with Gasteiger partial charge >= 0.3 is 0 Å². The van der Waals surface area contributed by atoms with Crippen LogP contribution in [0.2, 0.25) is 0 Å². The van der Waals surface area contributed by atoms with Crippen molar-refractivity contribution in [2.24, 2.45) is 0 Å². The van der Waals surface area contributed by atoms with Crippen molar-refractivity contribution in [3.63, 3.8) is 0 Å². The Hall–Kier alpha value is -2.27. The first kappa shape index (κ1) is 17.5. The maximum atomic E-state index is 14.5. The molecule has 0 saturated heterocycles. The lowest BCUT2D eigenvalue weighted by atomic mass is 10.0. The molecule has 0 saturated carbocycles. The first-order chi connectivity index (χ1) is 11.7. The molecule has 128 valence electrons. The van der Waals surface area contributed by atoms with Crippen LogP contribution in [0.1, 0.15) is 32.0 Å². The van der Waals surface area contributed by atoms with Crippen molar-refractivity contribution in [1.29, 1.82) is 0 Å². The van der Waals surface area contributed by atoms with E-state index in [1.165, 1.54) is 18.2 Å². The highest BCUT2D eigenvalue weighted by Gasteiger charge is 2.27. The lowest BCUT2D eigenvalue weighted by Gasteiger charge is -2.17. The lowest BCUT2D eigenvalue weighted by molar-refractivity contribution is 0.213. The molecule has 0 atom stereocenters. The third-order valence-electron chi connectivity index (χ3n) is 4.05. The van der Waals surface area contributed by atoms with E-state index in [-0.39, 0.29) is 15.7 Å². The Kier molecular flexibility index (Phi) is 4.37. The molecule has 3 nitrogen and oxygen atoms in total. The Balaban J connectivity index is 2.31. The van der Waals surface area contributed by atoms with E-state index >= 15 is 0 Å². The number of allylic oxidation sites excluding steroid dienone is 1.